The monoisotopic (exact) mass is 231 g/mol. The lowest BCUT2D eigenvalue weighted by Gasteiger charge is -2.01. The SMILES string of the molecule is Cn1ccc2c(F)c(-c3cc(N)on3)ccc21. The lowest BCUT2D eigenvalue weighted by Crippen LogP contribution is -1.88. The van der Waals surface area contributed by atoms with Gasteiger partial charge in [0.15, 0.2) is 0 Å². The summed E-state index contributed by atoms with van der Waals surface area (Å²) in [5.41, 5.74) is 7.06. The second-order valence-electron chi connectivity index (χ2n) is 3.90. The van der Waals surface area contributed by atoms with Crippen molar-refractivity contribution in [1.82, 2.24) is 9.72 Å². The van der Waals surface area contributed by atoms with Crippen LogP contribution in [0.5, 0.6) is 0 Å². The Morgan fingerprint density at radius 3 is 2.88 bits per heavy atom. The van der Waals surface area contributed by atoms with Gasteiger partial charge in [0.05, 0.1) is 5.52 Å². The quantitative estimate of drug-likeness (QED) is 0.700. The van der Waals surface area contributed by atoms with Crippen molar-refractivity contribution in [3.8, 4) is 11.3 Å². The van der Waals surface area contributed by atoms with Crippen molar-refractivity contribution in [2.45, 2.75) is 0 Å². The lowest BCUT2D eigenvalue weighted by atomic mass is 10.1. The molecule has 0 aliphatic heterocycles. The Bertz CT molecular complexity index is 699. The summed E-state index contributed by atoms with van der Waals surface area (Å²) in [6.45, 7) is 0. The van der Waals surface area contributed by atoms with Gasteiger partial charge in [-0.2, -0.15) is 0 Å². The number of benzene rings is 1. The number of nitrogen functional groups attached to an aromatic ring is 1. The van der Waals surface area contributed by atoms with Crippen LogP contribution in [-0.2, 0) is 7.05 Å². The maximum Gasteiger partial charge on any atom is 0.222 e. The lowest BCUT2D eigenvalue weighted by molar-refractivity contribution is 0.438. The molecule has 2 heterocycles. The second kappa shape index (κ2) is 3.35. The Hall–Kier alpha value is -2.30. The summed E-state index contributed by atoms with van der Waals surface area (Å²) in [6, 6.07) is 6.76. The van der Waals surface area contributed by atoms with Crippen molar-refractivity contribution >= 4 is 16.8 Å². The van der Waals surface area contributed by atoms with Gasteiger partial charge in [-0.25, -0.2) is 4.39 Å². The summed E-state index contributed by atoms with van der Waals surface area (Å²) in [5.74, 6) is -0.135. The normalized spacial score (nSPS) is 11.2. The number of aromatic nitrogens is 2. The molecule has 2 aromatic heterocycles. The van der Waals surface area contributed by atoms with E-state index in [4.69, 9.17) is 10.3 Å². The van der Waals surface area contributed by atoms with Gasteiger partial charge in [0.25, 0.3) is 0 Å². The molecule has 0 bridgehead atoms. The highest BCUT2D eigenvalue weighted by Gasteiger charge is 2.13. The molecule has 3 aromatic rings. The minimum Gasteiger partial charge on any atom is -0.368 e. The van der Waals surface area contributed by atoms with E-state index in [0.29, 0.717) is 16.6 Å². The first kappa shape index (κ1) is 9.89. The first-order chi connectivity index (χ1) is 8.16. The number of hydrogen-bond acceptors (Lipinski definition) is 3. The van der Waals surface area contributed by atoms with Gasteiger partial charge < -0.3 is 14.8 Å². The van der Waals surface area contributed by atoms with Crippen LogP contribution in [0.2, 0.25) is 0 Å². The molecule has 0 saturated carbocycles. The van der Waals surface area contributed by atoms with Crippen LogP contribution in [0.15, 0.2) is 35.0 Å². The van der Waals surface area contributed by atoms with Gasteiger partial charge in [-0.15, -0.1) is 0 Å². The Kier molecular flexibility index (Phi) is 1.95. The first-order valence-corrected chi connectivity index (χ1v) is 5.13. The molecule has 0 atom stereocenters. The average Bonchev–Trinajstić information content (AvgIpc) is 2.87. The highest BCUT2D eigenvalue weighted by atomic mass is 19.1. The molecule has 0 aliphatic rings. The third-order valence-electron chi connectivity index (χ3n) is 2.81. The van der Waals surface area contributed by atoms with Crippen LogP contribution in [0.1, 0.15) is 0 Å². The van der Waals surface area contributed by atoms with Gasteiger partial charge in [-0.3, -0.25) is 0 Å². The molecule has 0 radical (unpaired) electrons. The number of fused-ring (bicyclic) bond motifs is 1. The van der Waals surface area contributed by atoms with Crippen molar-refractivity contribution in [1.29, 1.82) is 0 Å². The molecular weight excluding hydrogens is 221 g/mol. The number of halogens is 1. The molecule has 3 rings (SSSR count). The molecule has 4 nitrogen and oxygen atoms in total. The van der Waals surface area contributed by atoms with Gasteiger partial charge in [-0.05, 0) is 18.2 Å². The standard InChI is InChI=1S/C12H10FN3O/c1-16-5-4-8-10(16)3-2-7(12(8)13)9-6-11(14)17-15-9/h2-6H,14H2,1H3. The van der Waals surface area contributed by atoms with Crippen LogP contribution in [0.4, 0.5) is 10.3 Å². The summed E-state index contributed by atoms with van der Waals surface area (Å²) in [7, 11) is 1.87. The predicted octanol–water partition coefficient (Wildman–Crippen LogP) is 2.55. The molecule has 0 fully saturated rings. The van der Waals surface area contributed by atoms with E-state index in [-0.39, 0.29) is 11.7 Å². The Morgan fingerprint density at radius 1 is 1.35 bits per heavy atom. The zero-order chi connectivity index (χ0) is 12.0. The maximum absolute atomic E-state index is 14.2. The Labute approximate surface area is 96.4 Å². The van der Waals surface area contributed by atoms with Crippen LogP contribution < -0.4 is 5.73 Å². The van der Waals surface area contributed by atoms with E-state index in [1.54, 1.807) is 12.1 Å². The highest BCUT2D eigenvalue weighted by molar-refractivity contribution is 5.86. The van der Waals surface area contributed by atoms with E-state index >= 15 is 0 Å². The summed E-state index contributed by atoms with van der Waals surface area (Å²) in [5, 5.41) is 4.28. The minimum absolute atomic E-state index is 0.174. The third kappa shape index (κ3) is 1.39. The van der Waals surface area contributed by atoms with Crippen molar-refractivity contribution in [2.24, 2.45) is 7.05 Å². The van der Waals surface area contributed by atoms with Gasteiger partial charge in [0.1, 0.15) is 11.5 Å². The van der Waals surface area contributed by atoms with Gasteiger partial charge >= 0.3 is 0 Å². The average molecular weight is 231 g/mol. The van der Waals surface area contributed by atoms with Crippen LogP contribution in [0.25, 0.3) is 22.2 Å². The van der Waals surface area contributed by atoms with E-state index in [1.807, 2.05) is 23.9 Å². The van der Waals surface area contributed by atoms with Crippen LogP contribution >= 0.6 is 0 Å². The molecule has 17 heavy (non-hydrogen) atoms. The molecule has 0 aliphatic carbocycles. The van der Waals surface area contributed by atoms with Crippen LogP contribution in [0, 0.1) is 5.82 Å². The highest BCUT2D eigenvalue weighted by Crippen LogP contribution is 2.29. The molecule has 5 heteroatoms. The van der Waals surface area contributed by atoms with E-state index in [0.717, 1.165) is 5.52 Å². The smallest absolute Gasteiger partial charge is 0.222 e. The van der Waals surface area contributed by atoms with E-state index in [2.05, 4.69) is 5.16 Å². The number of rotatable bonds is 1. The summed E-state index contributed by atoms with van der Waals surface area (Å²) in [6.07, 6.45) is 1.81. The predicted molar refractivity (Wildman–Crippen MR) is 62.8 cm³/mol. The van der Waals surface area contributed by atoms with Gasteiger partial charge in [0, 0.05) is 30.3 Å². The molecular formula is C12H10FN3O. The number of hydrogen-bond donors (Lipinski definition) is 1. The zero-order valence-corrected chi connectivity index (χ0v) is 9.14. The fraction of sp³-hybridized carbons (Fsp3) is 0.0833. The fourth-order valence-corrected chi connectivity index (χ4v) is 1.93. The molecule has 2 N–H and O–H groups in total. The Morgan fingerprint density at radius 2 is 2.18 bits per heavy atom. The summed E-state index contributed by atoms with van der Waals surface area (Å²) in [4.78, 5) is 0. The molecule has 0 spiro atoms. The van der Waals surface area contributed by atoms with Crippen molar-refractivity contribution < 1.29 is 8.91 Å². The third-order valence-corrected chi connectivity index (χ3v) is 2.81. The molecule has 0 unspecified atom stereocenters. The number of aryl methyl sites for hydroxylation is 1. The number of anilines is 1. The van der Waals surface area contributed by atoms with Crippen molar-refractivity contribution in [3.05, 3.63) is 36.3 Å². The maximum atomic E-state index is 14.2. The molecule has 1 aromatic carbocycles. The van der Waals surface area contributed by atoms with E-state index < -0.39 is 0 Å². The van der Waals surface area contributed by atoms with Gasteiger partial charge in [-0.1, -0.05) is 5.16 Å². The zero-order valence-electron chi connectivity index (χ0n) is 9.14. The number of nitrogens with two attached hydrogens (primary N) is 1. The summed E-state index contributed by atoms with van der Waals surface area (Å²) < 4.78 is 20.8. The van der Waals surface area contributed by atoms with E-state index in [1.165, 1.54) is 6.07 Å². The molecule has 0 amide bonds. The second-order valence-corrected chi connectivity index (χ2v) is 3.90. The Balaban J connectivity index is 2.28. The fourth-order valence-electron chi connectivity index (χ4n) is 1.93. The van der Waals surface area contributed by atoms with Crippen molar-refractivity contribution in [3.63, 3.8) is 0 Å². The van der Waals surface area contributed by atoms with Crippen LogP contribution in [0.3, 0.4) is 0 Å². The topological polar surface area (TPSA) is 57.0 Å². The minimum atomic E-state index is -0.309. The summed E-state index contributed by atoms with van der Waals surface area (Å²) >= 11 is 0. The first-order valence-electron chi connectivity index (χ1n) is 5.13. The van der Waals surface area contributed by atoms with Crippen LogP contribution in [-0.4, -0.2) is 9.72 Å². The van der Waals surface area contributed by atoms with Gasteiger partial charge in [0.2, 0.25) is 5.88 Å². The van der Waals surface area contributed by atoms with E-state index in [9.17, 15) is 4.39 Å². The van der Waals surface area contributed by atoms with Crippen molar-refractivity contribution in [2.75, 3.05) is 5.73 Å². The molecule has 86 valence electrons. The molecule has 0 saturated heterocycles. The number of nitrogens with zero attached hydrogens (tertiary/aromatic N) is 2. The largest absolute Gasteiger partial charge is 0.368 e.